The Kier molecular flexibility index (Phi) is 3.04. The van der Waals surface area contributed by atoms with Gasteiger partial charge in [0, 0.05) is 11.8 Å². The van der Waals surface area contributed by atoms with Crippen LogP contribution in [-0.2, 0) is 0 Å². The van der Waals surface area contributed by atoms with E-state index in [-0.39, 0.29) is 0 Å². The molecular weight excluding hydrogens is 233 g/mol. The van der Waals surface area contributed by atoms with Crippen LogP contribution in [0.4, 0.5) is 11.4 Å². The molecule has 5 heteroatoms. The molecule has 2 rings (SSSR count). The molecule has 0 aliphatic carbocycles. The molecule has 1 aromatic heterocycles. The van der Waals surface area contributed by atoms with Gasteiger partial charge in [-0.2, -0.15) is 0 Å². The third-order valence-corrected chi connectivity index (χ3v) is 2.53. The van der Waals surface area contributed by atoms with E-state index in [2.05, 4.69) is 9.97 Å². The predicted octanol–water partition coefficient (Wildman–Crippen LogP) is 3.42. The van der Waals surface area contributed by atoms with E-state index in [0.29, 0.717) is 16.4 Å². The minimum absolute atomic E-state index is 0.580. The van der Waals surface area contributed by atoms with E-state index < -0.39 is 0 Å². The van der Waals surface area contributed by atoms with Crippen molar-refractivity contribution in [1.29, 1.82) is 0 Å². The second kappa shape index (κ2) is 4.47. The van der Waals surface area contributed by atoms with E-state index in [4.69, 9.17) is 23.4 Å². The van der Waals surface area contributed by atoms with Crippen molar-refractivity contribution in [2.75, 3.05) is 4.42 Å². The van der Waals surface area contributed by atoms with E-state index in [9.17, 15) is 0 Å². The first-order chi connectivity index (χ1) is 7.29. The van der Waals surface area contributed by atoms with Crippen LogP contribution in [0.2, 0.25) is 5.02 Å². The second-order valence-corrected chi connectivity index (χ2v) is 3.57. The summed E-state index contributed by atoms with van der Waals surface area (Å²) in [6.07, 6.45) is 4.67. The molecule has 0 radical (unpaired) electrons. The Morgan fingerprint density at radius 2 is 1.73 bits per heavy atom. The number of nitrogens with zero attached hydrogens (tertiary/aromatic N) is 3. The van der Waals surface area contributed by atoms with Crippen molar-refractivity contribution in [3.63, 3.8) is 0 Å². The van der Waals surface area contributed by atoms with Crippen molar-refractivity contribution in [2.45, 2.75) is 0 Å². The number of hydrogen-bond donors (Lipinski definition) is 0. The van der Waals surface area contributed by atoms with Crippen LogP contribution in [0.5, 0.6) is 0 Å². The fourth-order valence-corrected chi connectivity index (χ4v) is 1.64. The minimum Gasteiger partial charge on any atom is -0.249 e. The predicted molar refractivity (Wildman–Crippen MR) is 61.5 cm³/mol. The van der Waals surface area contributed by atoms with Gasteiger partial charge < -0.3 is 0 Å². The second-order valence-electron chi connectivity index (χ2n) is 2.83. The number of benzene rings is 1. The van der Waals surface area contributed by atoms with Crippen LogP contribution in [0.1, 0.15) is 0 Å². The first-order valence-corrected chi connectivity index (χ1v) is 4.96. The molecule has 3 nitrogen and oxygen atoms in total. The van der Waals surface area contributed by atoms with Crippen LogP contribution in [0.3, 0.4) is 0 Å². The van der Waals surface area contributed by atoms with Crippen LogP contribution in [-0.4, -0.2) is 9.97 Å². The summed E-state index contributed by atoms with van der Waals surface area (Å²) in [5, 5.41) is 0.580. The van der Waals surface area contributed by atoms with Crippen LogP contribution in [0, 0.1) is 0 Å². The summed E-state index contributed by atoms with van der Waals surface area (Å²) in [6, 6.07) is 7.30. The number of para-hydroxylation sites is 1. The van der Waals surface area contributed by atoms with E-state index in [1.54, 1.807) is 18.5 Å². The van der Waals surface area contributed by atoms with Gasteiger partial charge in [-0.3, -0.25) is 0 Å². The van der Waals surface area contributed by atoms with Gasteiger partial charge in [-0.05, 0) is 12.1 Å². The van der Waals surface area contributed by atoms with Crippen LogP contribution < -0.4 is 4.42 Å². The van der Waals surface area contributed by atoms with Gasteiger partial charge in [-0.1, -0.05) is 23.7 Å². The SMILES string of the molecule is Clc1ccccc1N(Cl)c1cncnc1. The maximum atomic E-state index is 6.11. The Bertz CT molecular complexity index is 447. The summed E-state index contributed by atoms with van der Waals surface area (Å²) in [4.78, 5) is 7.76. The lowest BCUT2D eigenvalue weighted by Gasteiger charge is -2.15. The van der Waals surface area contributed by atoms with E-state index in [0.717, 1.165) is 0 Å². The smallest absolute Gasteiger partial charge is 0.115 e. The molecule has 0 saturated carbocycles. The Labute approximate surface area is 97.4 Å². The fraction of sp³-hybridized carbons (Fsp3) is 0. The number of aromatic nitrogens is 2. The summed E-state index contributed by atoms with van der Waals surface area (Å²) in [6.45, 7) is 0. The third kappa shape index (κ3) is 2.19. The van der Waals surface area contributed by atoms with Crippen LogP contribution in [0.15, 0.2) is 43.0 Å². The minimum atomic E-state index is 0.580. The molecule has 2 aromatic rings. The zero-order chi connectivity index (χ0) is 10.7. The van der Waals surface area contributed by atoms with E-state index >= 15 is 0 Å². The Morgan fingerprint density at radius 3 is 2.40 bits per heavy atom. The average molecular weight is 240 g/mol. The fourth-order valence-electron chi connectivity index (χ4n) is 1.14. The van der Waals surface area contributed by atoms with Gasteiger partial charge in [0.05, 0.1) is 28.8 Å². The highest BCUT2D eigenvalue weighted by Crippen LogP contribution is 2.32. The topological polar surface area (TPSA) is 29.0 Å². The van der Waals surface area contributed by atoms with Crippen LogP contribution in [0.25, 0.3) is 0 Å². The summed E-state index contributed by atoms with van der Waals surface area (Å²) in [5.41, 5.74) is 1.38. The van der Waals surface area contributed by atoms with Gasteiger partial charge in [0.1, 0.15) is 6.33 Å². The highest BCUT2D eigenvalue weighted by atomic mass is 35.5. The quantitative estimate of drug-likeness (QED) is 0.753. The largest absolute Gasteiger partial charge is 0.249 e. The number of halogens is 2. The van der Waals surface area contributed by atoms with Gasteiger partial charge in [0.15, 0.2) is 0 Å². The highest BCUT2D eigenvalue weighted by molar-refractivity contribution is 6.37. The summed E-state index contributed by atoms with van der Waals surface area (Å²) in [7, 11) is 0. The van der Waals surface area contributed by atoms with Crippen molar-refractivity contribution in [1.82, 2.24) is 9.97 Å². The van der Waals surface area contributed by atoms with Crippen molar-refractivity contribution < 1.29 is 0 Å². The Morgan fingerprint density at radius 1 is 1.07 bits per heavy atom. The molecule has 0 aliphatic rings. The monoisotopic (exact) mass is 239 g/mol. The summed E-state index contributed by atoms with van der Waals surface area (Å²) < 4.78 is 1.42. The highest BCUT2D eigenvalue weighted by Gasteiger charge is 2.09. The molecule has 0 saturated heterocycles. The molecule has 1 heterocycles. The molecule has 0 spiro atoms. The molecule has 15 heavy (non-hydrogen) atoms. The van der Waals surface area contributed by atoms with E-state index in [1.165, 1.54) is 10.7 Å². The maximum Gasteiger partial charge on any atom is 0.115 e. The molecule has 0 fully saturated rings. The zero-order valence-electron chi connectivity index (χ0n) is 7.64. The molecular formula is C10H7Cl2N3. The molecule has 0 unspecified atom stereocenters. The lowest BCUT2D eigenvalue weighted by molar-refractivity contribution is 1.15. The van der Waals surface area contributed by atoms with Crippen LogP contribution >= 0.6 is 23.4 Å². The first-order valence-electron chi connectivity index (χ1n) is 4.24. The van der Waals surface area contributed by atoms with Gasteiger partial charge in [-0.15, -0.1) is 0 Å². The average Bonchev–Trinajstić information content (AvgIpc) is 2.30. The number of anilines is 2. The molecule has 0 bridgehead atoms. The normalized spacial score (nSPS) is 10.0. The van der Waals surface area contributed by atoms with Crippen molar-refractivity contribution in [3.8, 4) is 0 Å². The molecule has 0 atom stereocenters. The lowest BCUT2D eigenvalue weighted by atomic mass is 10.3. The first kappa shape index (κ1) is 10.2. The molecule has 76 valence electrons. The van der Waals surface area contributed by atoms with Gasteiger partial charge in [-0.25, -0.2) is 14.4 Å². The molecule has 0 N–H and O–H groups in total. The maximum absolute atomic E-state index is 6.11. The molecule has 0 aliphatic heterocycles. The van der Waals surface area contributed by atoms with Gasteiger partial charge >= 0.3 is 0 Å². The Hall–Kier alpha value is -1.32. The van der Waals surface area contributed by atoms with Crippen molar-refractivity contribution in [2.24, 2.45) is 0 Å². The zero-order valence-corrected chi connectivity index (χ0v) is 9.15. The molecule has 0 amide bonds. The lowest BCUT2D eigenvalue weighted by Crippen LogP contribution is -2.02. The summed E-state index contributed by atoms with van der Waals surface area (Å²) in [5.74, 6) is 0. The van der Waals surface area contributed by atoms with Crippen molar-refractivity contribution in [3.05, 3.63) is 48.0 Å². The standard InChI is InChI=1S/C10H7Cl2N3/c11-9-3-1-2-4-10(9)15(12)8-5-13-7-14-6-8/h1-7H. The van der Waals surface area contributed by atoms with E-state index in [1.807, 2.05) is 18.2 Å². The van der Waals surface area contributed by atoms with Gasteiger partial charge in [0.2, 0.25) is 0 Å². The van der Waals surface area contributed by atoms with Crippen molar-refractivity contribution >= 4 is 34.8 Å². The van der Waals surface area contributed by atoms with Gasteiger partial charge in [0.25, 0.3) is 0 Å². The number of hydrogen-bond acceptors (Lipinski definition) is 3. The Balaban J connectivity index is 2.37. The number of rotatable bonds is 2. The molecule has 1 aromatic carbocycles. The third-order valence-electron chi connectivity index (χ3n) is 1.84. The summed E-state index contributed by atoms with van der Waals surface area (Å²) >= 11 is 12.1.